The Hall–Kier alpha value is -3.57. The molecule has 5 unspecified atom stereocenters. The Morgan fingerprint density at radius 2 is 1.39 bits per heavy atom. The van der Waals surface area contributed by atoms with Crippen LogP contribution in [-0.2, 0) is 32.0 Å². The normalized spacial score (nSPS) is 14.8. The van der Waals surface area contributed by atoms with Gasteiger partial charge in [-0.25, -0.2) is 4.79 Å². The van der Waals surface area contributed by atoms with Crippen LogP contribution in [0.4, 0.5) is 0 Å². The number of carbonyl (C=O) groups excluding carboxylic acids is 3. The van der Waals surface area contributed by atoms with Crippen LogP contribution >= 0.6 is 12.6 Å². The predicted molar refractivity (Wildman–Crippen MR) is 147 cm³/mol. The van der Waals surface area contributed by atoms with Gasteiger partial charge in [0, 0.05) is 18.6 Å². The summed E-state index contributed by atoms with van der Waals surface area (Å²) in [5.41, 5.74) is 7.11. The molecule has 11 heteroatoms. The van der Waals surface area contributed by atoms with Crippen LogP contribution in [0.3, 0.4) is 0 Å². The second-order valence-corrected chi connectivity index (χ2v) is 9.55. The van der Waals surface area contributed by atoms with E-state index in [1.54, 1.807) is 43.3 Å². The zero-order chi connectivity index (χ0) is 28.2. The van der Waals surface area contributed by atoms with Crippen molar-refractivity contribution in [3.8, 4) is 5.75 Å². The Morgan fingerprint density at radius 1 is 0.842 bits per heavy atom. The van der Waals surface area contributed by atoms with Crippen molar-refractivity contribution in [2.75, 3.05) is 5.75 Å². The maximum absolute atomic E-state index is 13.3. The summed E-state index contributed by atoms with van der Waals surface area (Å²) in [6.07, 6.45) is 0.638. The zero-order valence-electron chi connectivity index (χ0n) is 21.5. The lowest BCUT2D eigenvalue weighted by Crippen LogP contribution is -2.59. The highest BCUT2D eigenvalue weighted by atomic mass is 32.1. The largest absolute Gasteiger partial charge is 0.508 e. The van der Waals surface area contributed by atoms with Gasteiger partial charge in [0.15, 0.2) is 0 Å². The number of rotatable bonds is 14. The molecule has 2 rings (SSSR count). The van der Waals surface area contributed by atoms with E-state index in [1.165, 1.54) is 12.1 Å². The van der Waals surface area contributed by atoms with Crippen LogP contribution in [0.15, 0.2) is 54.6 Å². The van der Waals surface area contributed by atoms with Crippen molar-refractivity contribution in [3.05, 3.63) is 65.7 Å². The van der Waals surface area contributed by atoms with E-state index in [0.717, 1.165) is 5.56 Å². The molecule has 0 aromatic heterocycles. The monoisotopic (exact) mass is 544 g/mol. The number of amides is 3. The fraction of sp³-hybridized carbons (Fsp3) is 0.407. The lowest BCUT2D eigenvalue weighted by molar-refractivity contribution is -0.142. The molecule has 3 amide bonds. The molecule has 0 aliphatic carbocycles. The number of thiol groups is 1. The predicted octanol–water partition coefficient (Wildman–Crippen LogP) is 1.02. The van der Waals surface area contributed by atoms with Crippen molar-refractivity contribution in [1.82, 2.24) is 16.0 Å². The minimum Gasteiger partial charge on any atom is -0.508 e. The Morgan fingerprint density at radius 3 is 1.95 bits per heavy atom. The van der Waals surface area contributed by atoms with Gasteiger partial charge in [0.05, 0.1) is 6.04 Å². The number of carboxylic acids is 1. The van der Waals surface area contributed by atoms with Gasteiger partial charge in [-0.15, -0.1) is 0 Å². The fourth-order valence-electron chi connectivity index (χ4n) is 3.71. The molecule has 0 aliphatic heterocycles. The van der Waals surface area contributed by atoms with Gasteiger partial charge < -0.3 is 31.9 Å². The first-order valence-electron chi connectivity index (χ1n) is 12.4. The maximum atomic E-state index is 13.3. The number of carboxylic acid groups (broad SMARTS) is 1. The van der Waals surface area contributed by atoms with Crippen molar-refractivity contribution >= 4 is 36.3 Å². The molecule has 0 fully saturated rings. The van der Waals surface area contributed by atoms with Crippen molar-refractivity contribution in [2.24, 2.45) is 11.7 Å². The molecule has 7 N–H and O–H groups in total. The molecule has 38 heavy (non-hydrogen) atoms. The van der Waals surface area contributed by atoms with Crippen molar-refractivity contribution in [1.29, 1.82) is 0 Å². The van der Waals surface area contributed by atoms with E-state index in [-0.39, 0.29) is 30.3 Å². The lowest BCUT2D eigenvalue weighted by atomic mass is 9.96. The molecule has 0 spiro atoms. The summed E-state index contributed by atoms with van der Waals surface area (Å²) in [6.45, 7) is 3.66. The summed E-state index contributed by atoms with van der Waals surface area (Å²) in [6, 6.07) is 10.7. The third-order valence-corrected chi connectivity index (χ3v) is 6.63. The Kier molecular flexibility index (Phi) is 12.1. The van der Waals surface area contributed by atoms with Gasteiger partial charge in [0.25, 0.3) is 0 Å². The van der Waals surface area contributed by atoms with Gasteiger partial charge in [-0.3, -0.25) is 14.4 Å². The van der Waals surface area contributed by atoms with Gasteiger partial charge in [0.2, 0.25) is 17.7 Å². The number of aliphatic carboxylic acids is 1. The van der Waals surface area contributed by atoms with Crippen LogP contribution in [-0.4, -0.2) is 63.8 Å². The number of phenolic OH excluding ortho intramolecular Hbond substituents is 1. The summed E-state index contributed by atoms with van der Waals surface area (Å²) in [5.74, 6) is -3.19. The highest BCUT2D eigenvalue weighted by Crippen LogP contribution is 2.13. The summed E-state index contributed by atoms with van der Waals surface area (Å²) >= 11 is 4.03. The minimum atomic E-state index is -1.28. The third-order valence-electron chi connectivity index (χ3n) is 6.23. The highest BCUT2D eigenvalue weighted by Gasteiger charge is 2.32. The number of nitrogens with one attached hydrogen (secondary N) is 3. The third kappa shape index (κ3) is 9.38. The van der Waals surface area contributed by atoms with Gasteiger partial charge in [-0.05, 0) is 29.2 Å². The van der Waals surface area contributed by atoms with E-state index in [9.17, 15) is 29.4 Å². The SMILES string of the molecule is CCC(C)C(NC(=O)C(N)CS)C(=O)NC(Cc1ccccc1)C(=O)NC(Cc1ccc(O)cc1)C(=O)O. The number of phenols is 1. The lowest BCUT2D eigenvalue weighted by Gasteiger charge is -2.28. The molecule has 0 radical (unpaired) electrons. The van der Waals surface area contributed by atoms with Crippen LogP contribution < -0.4 is 21.7 Å². The molecule has 0 saturated carbocycles. The number of aromatic hydroxyl groups is 1. The van der Waals surface area contributed by atoms with Crippen LogP contribution in [0.2, 0.25) is 0 Å². The minimum absolute atomic E-state index is 0.0273. The molecular formula is C27H36N4O6S. The quantitative estimate of drug-likeness (QED) is 0.174. The van der Waals surface area contributed by atoms with E-state index in [1.807, 2.05) is 13.0 Å². The smallest absolute Gasteiger partial charge is 0.326 e. The van der Waals surface area contributed by atoms with E-state index < -0.39 is 47.9 Å². The maximum Gasteiger partial charge on any atom is 0.326 e. The Balaban J connectivity index is 2.26. The second kappa shape index (κ2) is 15.0. The second-order valence-electron chi connectivity index (χ2n) is 9.18. The van der Waals surface area contributed by atoms with Crippen LogP contribution in [0.5, 0.6) is 5.75 Å². The first-order valence-corrected chi connectivity index (χ1v) is 13.0. The summed E-state index contributed by atoms with van der Waals surface area (Å²) in [5, 5.41) is 27.1. The number of hydrogen-bond donors (Lipinski definition) is 7. The van der Waals surface area contributed by atoms with Gasteiger partial charge >= 0.3 is 5.97 Å². The highest BCUT2D eigenvalue weighted by molar-refractivity contribution is 7.80. The molecule has 206 valence electrons. The summed E-state index contributed by atoms with van der Waals surface area (Å²) in [4.78, 5) is 51.0. The molecular weight excluding hydrogens is 508 g/mol. The molecule has 2 aromatic rings. The van der Waals surface area contributed by atoms with Gasteiger partial charge in [0.1, 0.15) is 23.9 Å². The molecule has 5 atom stereocenters. The van der Waals surface area contributed by atoms with Crippen LogP contribution in [0.25, 0.3) is 0 Å². The molecule has 0 saturated heterocycles. The van der Waals surface area contributed by atoms with Crippen LogP contribution in [0, 0.1) is 5.92 Å². The molecule has 0 aliphatic rings. The van der Waals surface area contributed by atoms with E-state index in [4.69, 9.17) is 5.73 Å². The molecule has 0 bridgehead atoms. The summed E-state index contributed by atoms with van der Waals surface area (Å²) < 4.78 is 0. The number of carbonyl (C=O) groups is 4. The van der Waals surface area contributed by atoms with Crippen LogP contribution in [0.1, 0.15) is 31.4 Å². The molecule has 0 heterocycles. The number of benzene rings is 2. The van der Waals surface area contributed by atoms with Crippen molar-refractivity contribution in [2.45, 2.75) is 57.3 Å². The average Bonchev–Trinajstić information content (AvgIpc) is 2.91. The fourth-order valence-corrected chi connectivity index (χ4v) is 3.87. The van der Waals surface area contributed by atoms with E-state index in [0.29, 0.717) is 12.0 Å². The Labute approximate surface area is 227 Å². The zero-order valence-corrected chi connectivity index (χ0v) is 22.4. The van der Waals surface area contributed by atoms with Crippen molar-refractivity contribution < 1.29 is 29.4 Å². The first-order chi connectivity index (χ1) is 18.0. The van der Waals surface area contributed by atoms with Gasteiger partial charge in [-0.2, -0.15) is 12.6 Å². The van der Waals surface area contributed by atoms with E-state index >= 15 is 0 Å². The summed E-state index contributed by atoms with van der Waals surface area (Å²) in [7, 11) is 0. The topological polar surface area (TPSA) is 171 Å². The Bertz CT molecular complexity index is 1080. The number of hydrogen-bond acceptors (Lipinski definition) is 7. The first kappa shape index (κ1) is 30.7. The van der Waals surface area contributed by atoms with E-state index in [2.05, 4.69) is 28.6 Å². The molecule has 10 nitrogen and oxygen atoms in total. The average molecular weight is 545 g/mol. The standard InChI is InChI=1S/C27H36N4O6S/c1-3-16(2)23(31-24(33)20(28)15-38)26(35)29-21(13-17-7-5-4-6-8-17)25(34)30-22(27(36)37)14-18-9-11-19(32)12-10-18/h4-12,16,20-23,32,38H,3,13-15,28H2,1-2H3,(H,29,35)(H,30,34)(H,31,33)(H,36,37). The molecule has 2 aromatic carbocycles. The van der Waals surface area contributed by atoms with Crippen molar-refractivity contribution in [3.63, 3.8) is 0 Å². The van der Waals surface area contributed by atoms with Gasteiger partial charge in [-0.1, -0.05) is 62.7 Å². The number of nitrogens with two attached hydrogens (primary N) is 1.